The molecule has 1 N–H and O–H groups in total. The molecule has 2 heteroatoms. The first-order valence-electron chi connectivity index (χ1n) is 6.70. The van der Waals surface area contributed by atoms with E-state index in [-0.39, 0.29) is 0 Å². The Balaban J connectivity index is 1.74. The largest absolute Gasteiger partial charge is 0.380 e. The number of hydrogen-bond donors (Lipinski definition) is 1. The van der Waals surface area contributed by atoms with Crippen LogP contribution in [0.25, 0.3) is 0 Å². The van der Waals surface area contributed by atoms with Gasteiger partial charge in [-0.1, -0.05) is 30.3 Å². The summed E-state index contributed by atoms with van der Waals surface area (Å²) in [5, 5.41) is 12.4. The van der Waals surface area contributed by atoms with Crippen molar-refractivity contribution in [3.63, 3.8) is 0 Å². The number of para-hydroxylation sites is 1. The maximum atomic E-state index is 9.05. The van der Waals surface area contributed by atoms with Crippen LogP contribution >= 0.6 is 0 Å². The lowest BCUT2D eigenvalue weighted by molar-refractivity contribution is 0.911. The van der Waals surface area contributed by atoms with Gasteiger partial charge in [0.05, 0.1) is 11.3 Å². The molecular formula is C17H16N2. The van der Waals surface area contributed by atoms with Crippen LogP contribution in [0.3, 0.4) is 0 Å². The normalized spacial score (nSPS) is 12.8. The molecule has 3 rings (SSSR count). The zero-order valence-corrected chi connectivity index (χ0v) is 10.8. The quantitative estimate of drug-likeness (QED) is 0.899. The Kier molecular flexibility index (Phi) is 3.20. The zero-order chi connectivity index (χ0) is 13.1. The fourth-order valence-electron chi connectivity index (χ4n) is 2.67. The second-order valence-electron chi connectivity index (χ2n) is 4.97. The summed E-state index contributed by atoms with van der Waals surface area (Å²) >= 11 is 0. The van der Waals surface area contributed by atoms with Crippen molar-refractivity contribution >= 4 is 5.69 Å². The van der Waals surface area contributed by atoms with Crippen LogP contribution in [0.1, 0.15) is 28.7 Å². The Morgan fingerprint density at radius 3 is 2.79 bits per heavy atom. The molecule has 0 bridgehead atoms. The molecule has 2 aromatic carbocycles. The van der Waals surface area contributed by atoms with Crippen LogP contribution in [0.2, 0.25) is 0 Å². The van der Waals surface area contributed by atoms with Gasteiger partial charge < -0.3 is 5.32 Å². The van der Waals surface area contributed by atoms with E-state index < -0.39 is 0 Å². The SMILES string of the molecule is N#Cc1ccccc1NCc1ccc2c(c1)CCC2. The van der Waals surface area contributed by atoms with Crippen LogP contribution in [0.15, 0.2) is 42.5 Å². The number of benzene rings is 2. The Bertz CT molecular complexity index is 638. The summed E-state index contributed by atoms with van der Waals surface area (Å²) in [6.07, 6.45) is 3.71. The summed E-state index contributed by atoms with van der Waals surface area (Å²) in [6.45, 7) is 0.770. The molecule has 1 aliphatic rings. The minimum atomic E-state index is 0.698. The fraction of sp³-hybridized carbons (Fsp3) is 0.235. The van der Waals surface area contributed by atoms with Crippen LogP contribution < -0.4 is 5.32 Å². The van der Waals surface area contributed by atoms with E-state index in [4.69, 9.17) is 5.26 Å². The van der Waals surface area contributed by atoms with Crippen LogP contribution in [0, 0.1) is 11.3 Å². The molecule has 2 nitrogen and oxygen atoms in total. The van der Waals surface area contributed by atoms with Gasteiger partial charge >= 0.3 is 0 Å². The second-order valence-corrected chi connectivity index (χ2v) is 4.97. The molecule has 0 radical (unpaired) electrons. The molecule has 0 aromatic heterocycles. The minimum absolute atomic E-state index is 0.698. The lowest BCUT2D eigenvalue weighted by atomic mass is 10.1. The second kappa shape index (κ2) is 5.16. The Morgan fingerprint density at radius 1 is 1.05 bits per heavy atom. The van der Waals surface area contributed by atoms with Crippen molar-refractivity contribution in [1.82, 2.24) is 0 Å². The van der Waals surface area contributed by atoms with Gasteiger partial charge in [-0.2, -0.15) is 5.26 Å². The van der Waals surface area contributed by atoms with Gasteiger partial charge in [0.2, 0.25) is 0 Å². The third-order valence-electron chi connectivity index (χ3n) is 3.69. The Hall–Kier alpha value is -2.27. The molecule has 0 saturated carbocycles. The van der Waals surface area contributed by atoms with Crippen molar-refractivity contribution in [1.29, 1.82) is 5.26 Å². The summed E-state index contributed by atoms with van der Waals surface area (Å²) in [5.74, 6) is 0. The molecule has 0 amide bonds. The third-order valence-corrected chi connectivity index (χ3v) is 3.69. The monoisotopic (exact) mass is 248 g/mol. The lowest BCUT2D eigenvalue weighted by Crippen LogP contribution is -2.01. The van der Waals surface area contributed by atoms with E-state index in [1.165, 1.54) is 36.0 Å². The number of aryl methyl sites for hydroxylation is 2. The predicted molar refractivity (Wildman–Crippen MR) is 77.0 cm³/mol. The number of hydrogen-bond acceptors (Lipinski definition) is 2. The molecule has 0 atom stereocenters. The number of anilines is 1. The zero-order valence-electron chi connectivity index (χ0n) is 10.8. The molecule has 19 heavy (non-hydrogen) atoms. The van der Waals surface area contributed by atoms with Gasteiger partial charge in [-0.15, -0.1) is 0 Å². The summed E-state index contributed by atoms with van der Waals surface area (Å²) < 4.78 is 0. The van der Waals surface area contributed by atoms with Crippen molar-refractivity contribution in [2.75, 3.05) is 5.32 Å². The molecule has 0 unspecified atom stereocenters. The fourth-order valence-corrected chi connectivity index (χ4v) is 2.67. The first-order chi connectivity index (χ1) is 9.36. The molecule has 0 aliphatic heterocycles. The van der Waals surface area contributed by atoms with E-state index in [0.29, 0.717) is 5.56 Å². The highest BCUT2D eigenvalue weighted by Crippen LogP contribution is 2.23. The highest BCUT2D eigenvalue weighted by Gasteiger charge is 2.10. The van der Waals surface area contributed by atoms with E-state index in [1.807, 2.05) is 24.3 Å². The van der Waals surface area contributed by atoms with Crippen LogP contribution in [0.5, 0.6) is 0 Å². The smallest absolute Gasteiger partial charge is 0.101 e. The van der Waals surface area contributed by atoms with Crippen molar-refractivity contribution < 1.29 is 0 Å². The maximum absolute atomic E-state index is 9.05. The lowest BCUT2D eigenvalue weighted by Gasteiger charge is -2.09. The molecular weight excluding hydrogens is 232 g/mol. The summed E-state index contributed by atoms with van der Waals surface area (Å²) in [7, 11) is 0. The van der Waals surface area contributed by atoms with E-state index >= 15 is 0 Å². The molecule has 0 spiro atoms. The average molecular weight is 248 g/mol. The van der Waals surface area contributed by atoms with Gasteiger partial charge in [-0.3, -0.25) is 0 Å². The first kappa shape index (κ1) is 11.8. The number of nitrogens with zero attached hydrogens (tertiary/aromatic N) is 1. The maximum Gasteiger partial charge on any atom is 0.101 e. The standard InChI is InChI=1S/C17H16N2/c18-11-16-4-1-2-7-17(16)19-12-13-8-9-14-5-3-6-15(14)10-13/h1-2,4,7-10,19H,3,5-6,12H2. The van der Waals surface area contributed by atoms with E-state index in [2.05, 4.69) is 29.6 Å². The molecule has 2 aromatic rings. The van der Waals surface area contributed by atoms with E-state index in [0.717, 1.165) is 12.2 Å². The van der Waals surface area contributed by atoms with Gasteiger partial charge in [0.1, 0.15) is 6.07 Å². The summed E-state index contributed by atoms with van der Waals surface area (Å²) in [5.41, 5.74) is 5.89. The van der Waals surface area contributed by atoms with Crippen molar-refractivity contribution in [2.45, 2.75) is 25.8 Å². The predicted octanol–water partition coefficient (Wildman–Crippen LogP) is 3.66. The van der Waals surface area contributed by atoms with Gasteiger partial charge in [-0.25, -0.2) is 0 Å². The number of nitrogens with one attached hydrogen (secondary N) is 1. The average Bonchev–Trinajstić information content (AvgIpc) is 2.93. The Morgan fingerprint density at radius 2 is 1.89 bits per heavy atom. The van der Waals surface area contributed by atoms with Crippen molar-refractivity contribution in [2.24, 2.45) is 0 Å². The highest BCUT2D eigenvalue weighted by molar-refractivity contribution is 5.57. The molecule has 0 fully saturated rings. The molecule has 0 saturated heterocycles. The summed E-state index contributed by atoms with van der Waals surface area (Å²) in [6, 6.07) is 16.6. The first-order valence-corrected chi connectivity index (χ1v) is 6.70. The molecule has 1 aliphatic carbocycles. The van der Waals surface area contributed by atoms with E-state index in [9.17, 15) is 0 Å². The molecule has 0 heterocycles. The number of rotatable bonds is 3. The summed E-state index contributed by atoms with van der Waals surface area (Å²) in [4.78, 5) is 0. The van der Waals surface area contributed by atoms with Crippen LogP contribution in [0.4, 0.5) is 5.69 Å². The van der Waals surface area contributed by atoms with Gasteiger partial charge in [0.15, 0.2) is 0 Å². The van der Waals surface area contributed by atoms with Gasteiger partial charge in [0, 0.05) is 6.54 Å². The highest BCUT2D eigenvalue weighted by atomic mass is 14.9. The topological polar surface area (TPSA) is 35.8 Å². The van der Waals surface area contributed by atoms with Crippen molar-refractivity contribution in [3.05, 3.63) is 64.7 Å². The van der Waals surface area contributed by atoms with Crippen LogP contribution in [-0.2, 0) is 19.4 Å². The van der Waals surface area contributed by atoms with Crippen molar-refractivity contribution in [3.8, 4) is 6.07 Å². The van der Waals surface area contributed by atoms with Crippen LogP contribution in [-0.4, -0.2) is 0 Å². The minimum Gasteiger partial charge on any atom is -0.380 e. The van der Waals surface area contributed by atoms with Gasteiger partial charge in [0.25, 0.3) is 0 Å². The Labute approximate surface area is 113 Å². The van der Waals surface area contributed by atoms with Gasteiger partial charge in [-0.05, 0) is 48.1 Å². The number of nitriles is 1. The number of fused-ring (bicyclic) bond motifs is 1. The van der Waals surface area contributed by atoms with E-state index in [1.54, 1.807) is 0 Å². The molecule has 94 valence electrons. The third kappa shape index (κ3) is 2.46.